The minimum Gasteiger partial charge on any atom is -0.467 e. The van der Waals surface area contributed by atoms with Gasteiger partial charge in [-0.05, 0) is 0 Å². The number of rotatable bonds is 4. The van der Waals surface area contributed by atoms with E-state index in [2.05, 4.69) is 20.7 Å². The highest BCUT2D eigenvalue weighted by atomic mass is 79.9. The molecule has 0 radical (unpaired) electrons. The van der Waals surface area contributed by atoms with E-state index in [-0.39, 0.29) is 0 Å². The normalized spacial score (nSPS) is 30.0. The number of methoxy groups -OCH3 is 1. The average Bonchev–Trinajstić information content (AvgIpc) is 2.43. The number of esters is 4. The van der Waals surface area contributed by atoms with Crippen LogP contribution in [0.3, 0.4) is 0 Å². The van der Waals surface area contributed by atoms with Gasteiger partial charge in [0.2, 0.25) is 0 Å². The van der Waals surface area contributed by atoms with E-state index in [1.54, 1.807) is 0 Å². The Balaban J connectivity index is 3.21. The number of alkyl halides is 1. The van der Waals surface area contributed by atoms with Crippen LogP contribution in [0.2, 0.25) is 0 Å². The molecule has 0 aromatic rings. The van der Waals surface area contributed by atoms with Gasteiger partial charge >= 0.3 is 23.9 Å². The van der Waals surface area contributed by atoms with Crippen molar-refractivity contribution < 1.29 is 42.9 Å². The maximum absolute atomic E-state index is 11.9. The molecule has 1 unspecified atom stereocenters. The lowest BCUT2D eigenvalue weighted by Gasteiger charge is -2.41. The van der Waals surface area contributed by atoms with E-state index in [0.29, 0.717) is 0 Å². The zero-order valence-electron chi connectivity index (χ0n) is 12.9. The van der Waals surface area contributed by atoms with E-state index in [9.17, 15) is 19.2 Å². The maximum atomic E-state index is 11.9. The van der Waals surface area contributed by atoms with Gasteiger partial charge in [0.15, 0.2) is 29.4 Å². The first-order chi connectivity index (χ1) is 10.7. The highest BCUT2D eigenvalue weighted by Crippen LogP contribution is 2.31. The number of ether oxygens (including phenoxy) is 5. The molecule has 5 atom stereocenters. The minimum atomic E-state index is -1.36. The molecule has 0 aromatic heterocycles. The van der Waals surface area contributed by atoms with Gasteiger partial charge in [-0.25, -0.2) is 4.79 Å². The van der Waals surface area contributed by atoms with Gasteiger partial charge in [-0.15, -0.1) is 0 Å². The summed E-state index contributed by atoms with van der Waals surface area (Å²) in [5.41, 5.74) is 0. The second-order valence-electron chi connectivity index (χ2n) is 4.65. The third kappa shape index (κ3) is 5.17. The predicted octanol–water partition coefficient (Wildman–Crippen LogP) is 0.0743. The van der Waals surface area contributed by atoms with Crippen molar-refractivity contribution in [1.29, 1.82) is 0 Å². The van der Waals surface area contributed by atoms with Crippen molar-refractivity contribution >= 4 is 39.8 Å². The summed E-state index contributed by atoms with van der Waals surface area (Å²) in [5, 5.41) is -0.980. The van der Waals surface area contributed by atoms with Crippen molar-refractivity contribution in [2.45, 2.75) is 50.2 Å². The monoisotopic (exact) mass is 396 g/mol. The summed E-state index contributed by atoms with van der Waals surface area (Å²) in [6.45, 7) is 3.39. The third-order valence-corrected chi connectivity index (χ3v) is 3.56. The number of hydrogen-bond donors (Lipinski definition) is 0. The Morgan fingerprint density at radius 3 is 1.70 bits per heavy atom. The summed E-state index contributed by atoms with van der Waals surface area (Å²) in [6, 6.07) is 0. The van der Waals surface area contributed by atoms with Crippen molar-refractivity contribution in [2.24, 2.45) is 0 Å². The second kappa shape index (κ2) is 8.25. The third-order valence-electron chi connectivity index (χ3n) is 2.82. The summed E-state index contributed by atoms with van der Waals surface area (Å²) in [7, 11) is 1.12. The van der Waals surface area contributed by atoms with E-state index < -0.39 is 53.3 Å². The topological polar surface area (TPSA) is 114 Å². The van der Waals surface area contributed by atoms with Crippen molar-refractivity contribution in [3.05, 3.63) is 0 Å². The molecular weight excluding hydrogens is 380 g/mol. The second-order valence-corrected chi connectivity index (χ2v) is 5.56. The maximum Gasteiger partial charge on any atom is 0.339 e. The Morgan fingerprint density at radius 2 is 1.26 bits per heavy atom. The molecule has 9 nitrogen and oxygen atoms in total. The molecule has 23 heavy (non-hydrogen) atoms. The number of hydrogen-bond acceptors (Lipinski definition) is 9. The first kappa shape index (κ1) is 19.4. The zero-order chi connectivity index (χ0) is 17.7. The van der Waals surface area contributed by atoms with Crippen LogP contribution >= 0.6 is 15.9 Å². The predicted molar refractivity (Wildman–Crippen MR) is 76.3 cm³/mol. The van der Waals surface area contributed by atoms with Crippen molar-refractivity contribution in [3.63, 3.8) is 0 Å². The minimum absolute atomic E-state index is 0.668. The molecule has 10 heteroatoms. The van der Waals surface area contributed by atoms with Crippen molar-refractivity contribution in [2.75, 3.05) is 7.11 Å². The molecule has 0 amide bonds. The van der Waals surface area contributed by atoms with Crippen LogP contribution in [0, 0.1) is 0 Å². The zero-order valence-corrected chi connectivity index (χ0v) is 14.5. The standard InChI is InChI=1S/C13H17BrO9/c1-5(15)20-8-9(21-6(2)16)11(13(18)19-4)23-12(14)10(8)22-7(3)17/h8-12H,1-4H3/t8?,9-,10+,11-,12-/m0/s1. The van der Waals surface area contributed by atoms with E-state index in [1.807, 2.05) is 0 Å². The highest BCUT2D eigenvalue weighted by Gasteiger charge is 2.53. The van der Waals surface area contributed by atoms with Crippen LogP contribution < -0.4 is 0 Å². The number of carbonyl (C=O) groups is 4. The Morgan fingerprint density at radius 1 is 0.826 bits per heavy atom. The summed E-state index contributed by atoms with van der Waals surface area (Å²) in [5.74, 6) is -2.95. The molecule has 0 aromatic carbocycles. The summed E-state index contributed by atoms with van der Waals surface area (Å²) in [4.78, 5) is 45.8. The largest absolute Gasteiger partial charge is 0.467 e. The molecule has 1 fully saturated rings. The molecular formula is C13H17BrO9. The molecule has 0 N–H and O–H groups in total. The van der Waals surface area contributed by atoms with Crippen LogP contribution in [-0.4, -0.2) is 60.4 Å². The van der Waals surface area contributed by atoms with E-state index in [4.69, 9.17) is 18.9 Å². The van der Waals surface area contributed by atoms with Gasteiger partial charge in [0, 0.05) is 20.8 Å². The van der Waals surface area contributed by atoms with E-state index >= 15 is 0 Å². The molecule has 0 spiro atoms. The molecule has 0 saturated carbocycles. The van der Waals surface area contributed by atoms with E-state index in [1.165, 1.54) is 0 Å². The van der Waals surface area contributed by atoms with Crippen LogP contribution in [0.25, 0.3) is 0 Å². The number of carbonyl (C=O) groups excluding carboxylic acids is 4. The van der Waals surface area contributed by atoms with Gasteiger partial charge < -0.3 is 23.7 Å². The van der Waals surface area contributed by atoms with Crippen LogP contribution in [0.15, 0.2) is 0 Å². The number of halogens is 1. The Bertz CT molecular complexity index is 492. The smallest absolute Gasteiger partial charge is 0.339 e. The lowest BCUT2D eigenvalue weighted by Crippen LogP contribution is -2.61. The molecule has 1 heterocycles. The Hall–Kier alpha value is -1.68. The summed E-state index contributed by atoms with van der Waals surface area (Å²) >= 11 is 3.11. The lowest BCUT2D eigenvalue weighted by molar-refractivity contribution is -0.234. The van der Waals surface area contributed by atoms with Crippen LogP contribution in [0.4, 0.5) is 0 Å². The molecule has 1 aliphatic heterocycles. The van der Waals surface area contributed by atoms with Crippen LogP contribution in [0.1, 0.15) is 20.8 Å². The Kier molecular flexibility index (Phi) is 6.95. The first-order valence-electron chi connectivity index (χ1n) is 6.56. The lowest BCUT2D eigenvalue weighted by atomic mass is 9.99. The molecule has 130 valence electrons. The highest BCUT2D eigenvalue weighted by molar-refractivity contribution is 9.09. The van der Waals surface area contributed by atoms with Gasteiger partial charge in [-0.1, -0.05) is 15.9 Å². The SMILES string of the molecule is COC(=O)[C@H]1O[C@H](Br)[C@H](OC(C)=O)C(OC(C)=O)[C@@H]1OC(C)=O. The molecule has 1 saturated heterocycles. The van der Waals surface area contributed by atoms with Crippen molar-refractivity contribution in [3.8, 4) is 0 Å². The van der Waals surface area contributed by atoms with Gasteiger partial charge in [-0.3, -0.25) is 14.4 Å². The Labute approximate surface area is 140 Å². The fourth-order valence-electron chi connectivity index (χ4n) is 2.07. The summed E-state index contributed by atoms with van der Waals surface area (Å²) < 4.78 is 25.2. The van der Waals surface area contributed by atoms with Gasteiger partial charge in [0.1, 0.15) is 0 Å². The summed E-state index contributed by atoms with van der Waals surface area (Å²) in [6.07, 6.45) is -5.06. The van der Waals surface area contributed by atoms with E-state index in [0.717, 1.165) is 27.9 Å². The van der Waals surface area contributed by atoms with Crippen LogP contribution in [-0.2, 0) is 42.9 Å². The first-order valence-corrected chi connectivity index (χ1v) is 7.48. The molecule has 0 bridgehead atoms. The quantitative estimate of drug-likeness (QED) is 0.369. The van der Waals surface area contributed by atoms with Gasteiger partial charge in [0.05, 0.1) is 7.11 Å². The molecule has 1 rings (SSSR count). The van der Waals surface area contributed by atoms with Gasteiger partial charge in [-0.2, -0.15) is 0 Å². The van der Waals surface area contributed by atoms with Crippen molar-refractivity contribution in [1.82, 2.24) is 0 Å². The average molecular weight is 397 g/mol. The van der Waals surface area contributed by atoms with Gasteiger partial charge in [0.25, 0.3) is 0 Å². The van der Waals surface area contributed by atoms with Crippen LogP contribution in [0.5, 0.6) is 0 Å². The molecule has 1 aliphatic rings. The fourth-order valence-corrected chi connectivity index (χ4v) is 2.71. The molecule has 0 aliphatic carbocycles. The fraction of sp³-hybridized carbons (Fsp3) is 0.692.